The maximum absolute atomic E-state index is 12.4. The third kappa shape index (κ3) is 6.31. The minimum Gasteiger partial charge on any atom is -0.486 e. The van der Waals surface area contributed by atoms with E-state index in [9.17, 15) is 9.59 Å². The normalized spacial score (nSPS) is 10.8. The lowest BCUT2D eigenvalue weighted by molar-refractivity contribution is -0.139. The van der Waals surface area contributed by atoms with Crippen LogP contribution in [0.3, 0.4) is 0 Å². The molecule has 0 aliphatic heterocycles. The summed E-state index contributed by atoms with van der Waals surface area (Å²) in [5.41, 5.74) is 0.663. The maximum Gasteiger partial charge on any atom is 0.305 e. The molecule has 0 saturated carbocycles. The van der Waals surface area contributed by atoms with E-state index in [1.165, 1.54) is 11.3 Å². The molecule has 0 aliphatic carbocycles. The SMILES string of the molecule is CC(C)N(CCC(=O)O)C(=O)Cc1csc(COc2ccc(Cl)cc2)n1. The van der Waals surface area contributed by atoms with Crippen molar-refractivity contribution in [2.45, 2.75) is 39.3 Å². The lowest BCUT2D eigenvalue weighted by Crippen LogP contribution is -2.39. The van der Waals surface area contributed by atoms with Crippen LogP contribution in [0.1, 0.15) is 31.0 Å². The molecule has 26 heavy (non-hydrogen) atoms. The Hall–Kier alpha value is -2.12. The van der Waals surface area contributed by atoms with Gasteiger partial charge in [0.1, 0.15) is 17.4 Å². The van der Waals surface area contributed by atoms with Crippen molar-refractivity contribution in [3.05, 3.63) is 45.4 Å². The lowest BCUT2D eigenvalue weighted by Gasteiger charge is -2.25. The number of aromatic nitrogens is 1. The summed E-state index contributed by atoms with van der Waals surface area (Å²) in [7, 11) is 0. The van der Waals surface area contributed by atoms with Gasteiger partial charge in [0.25, 0.3) is 0 Å². The fourth-order valence-corrected chi connectivity index (χ4v) is 3.15. The van der Waals surface area contributed by atoms with Crippen molar-refractivity contribution in [1.82, 2.24) is 9.88 Å². The summed E-state index contributed by atoms with van der Waals surface area (Å²) in [5.74, 6) is -0.350. The van der Waals surface area contributed by atoms with Crippen molar-refractivity contribution in [3.8, 4) is 5.75 Å². The fraction of sp³-hybridized carbons (Fsp3) is 0.389. The zero-order valence-electron chi connectivity index (χ0n) is 14.6. The number of halogens is 1. The molecule has 6 nitrogen and oxygen atoms in total. The van der Waals surface area contributed by atoms with Crippen LogP contribution in [0.15, 0.2) is 29.6 Å². The van der Waals surface area contributed by atoms with Gasteiger partial charge in [0, 0.05) is 23.0 Å². The first-order valence-electron chi connectivity index (χ1n) is 8.18. The quantitative estimate of drug-likeness (QED) is 0.700. The molecule has 8 heteroatoms. The first-order chi connectivity index (χ1) is 12.3. The van der Waals surface area contributed by atoms with E-state index in [0.29, 0.717) is 23.1 Å². The largest absolute Gasteiger partial charge is 0.486 e. The second-order valence-electron chi connectivity index (χ2n) is 5.98. The van der Waals surface area contributed by atoms with Crippen LogP contribution in [0.25, 0.3) is 0 Å². The highest BCUT2D eigenvalue weighted by Gasteiger charge is 2.19. The van der Waals surface area contributed by atoms with Gasteiger partial charge < -0.3 is 14.7 Å². The van der Waals surface area contributed by atoms with E-state index in [-0.39, 0.29) is 31.3 Å². The van der Waals surface area contributed by atoms with Gasteiger partial charge in [-0.15, -0.1) is 11.3 Å². The Bertz CT molecular complexity index is 746. The summed E-state index contributed by atoms with van der Waals surface area (Å²) in [6, 6.07) is 7.00. The molecule has 0 aliphatic rings. The Labute approximate surface area is 161 Å². The minimum absolute atomic E-state index is 0.0619. The van der Waals surface area contributed by atoms with Crippen LogP contribution < -0.4 is 4.74 Å². The number of nitrogens with zero attached hydrogens (tertiary/aromatic N) is 2. The molecule has 1 heterocycles. The van der Waals surface area contributed by atoms with Gasteiger partial charge in [-0.1, -0.05) is 11.6 Å². The monoisotopic (exact) mass is 396 g/mol. The Balaban J connectivity index is 1.90. The number of hydrogen-bond acceptors (Lipinski definition) is 5. The second kappa shape index (κ2) is 9.54. The third-order valence-corrected chi connectivity index (χ3v) is 4.74. The minimum atomic E-state index is -0.918. The topological polar surface area (TPSA) is 79.7 Å². The number of ether oxygens (including phenoxy) is 1. The number of amides is 1. The van der Waals surface area contributed by atoms with Crippen molar-refractivity contribution in [2.75, 3.05) is 6.54 Å². The number of hydrogen-bond donors (Lipinski definition) is 1. The van der Waals surface area contributed by atoms with E-state index >= 15 is 0 Å². The zero-order valence-corrected chi connectivity index (χ0v) is 16.2. The Morgan fingerprint density at radius 1 is 1.31 bits per heavy atom. The molecular formula is C18H21ClN2O4S. The van der Waals surface area contributed by atoms with E-state index in [2.05, 4.69) is 4.98 Å². The zero-order chi connectivity index (χ0) is 19.1. The van der Waals surface area contributed by atoms with Crippen molar-refractivity contribution in [2.24, 2.45) is 0 Å². The van der Waals surface area contributed by atoms with Crippen LogP contribution >= 0.6 is 22.9 Å². The number of carboxylic acid groups (broad SMARTS) is 1. The lowest BCUT2D eigenvalue weighted by atomic mass is 10.2. The smallest absolute Gasteiger partial charge is 0.305 e. The number of thiazole rings is 1. The van der Waals surface area contributed by atoms with Crippen LogP contribution in [0.5, 0.6) is 5.75 Å². The summed E-state index contributed by atoms with van der Waals surface area (Å²) < 4.78 is 5.64. The average molecular weight is 397 g/mol. The fourth-order valence-electron chi connectivity index (χ4n) is 2.32. The highest BCUT2D eigenvalue weighted by Crippen LogP contribution is 2.18. The van der Waals surface area contributed by atoms with Crippen LogP contribution in [0.2, 0.25) is 5.02 Å². The summed E-state index contributed by atoms with van der Waals surface area (Å²) in [6.45, 7) is 4.24. The van der Waals surface area contributed by atoms with Crippen LogP contribution in [0.4, 0.5) is 0 Å². The van der Waals surface area contributed by atoms with Gasteiger partial charge in [0.05, 0.1) is 18.5 Å². The van der Waals surface area contributed by atoms with Crippen molar-refractivity contribution in [1.29, 1.82) is 0 Å². The van der Waals surface area contributed by atoms with Gasteiger partial charge in [-0.05, 0) is 38.1 Å². The molecule has 0 unspecified atom stereocenters. The highest BCUT2D eigenvalue weighted by atomic mass is 35.5. The average Bonchev–Trinajstić information content (AvgIpc) is 3.01. The van der Waals surface area contributed by atoms with E-state index in [1.54, 1.807) is 29.2 Å². The molecule has 0 atom stereocenters. The molecule has 140 valence electrons. The predicted molar refractivity (Wildman–Crippen MR) is 101 cm³/mol. The maximum atomic E-state index is 12.4. The first kappa shape index (κ1) is 20.2. The molecule has 2 rings (SSSR count). The van der Waals surface area contributed by atoms with Gasteiger partial charge in [0.2, 0.25) is 5.91 Å². The standard InChI is InChI=1S/C18H21ClN2O4S/c1-12(2)21(8-7-18(23)24)17(22)9-14-11-26-16(20-14)10-25-15-5-3-13(19)4-6-15/h3-6,11-12H,7-10H2,1-2H3,(H,23,24). The van der Waals surface area contributed by atoms with Gasteiger partial charge in [-0.3, -0.25) is 9.59 Å². The third-order valence-electron chi connectivity index (χ3n) is 3.62. The molecule has 0 radical (unpaired) electrons. The van der Waals surface area contributed by atoms with E-state index in [1.807, 2.05) is 19.2 Å². The summed E-state index contributed by atoms with van der Waals surface area (Å²) in [6.07, 6.45) is 0.0798. The molecule has 0 fully saturated rings. The Kier molecular flexibility index (Phi) is 7.41. The molecular weight excluding hydrogens is 376 g/mol. The number of carbonyl (C=O) groups excluding carboxylic acids is 1. The molecule has 1 amide bonds. The van der Waals surface area contributed by atoms with Crippen molar-refractivity contribution in [3.63, 3.8) is 0 Å². The first-order valence-corrected chi connectivity index (χ1v) is 9.44. The molecule has 0 saturated heterocycles. The molecule has 0 spiro atoms. The van der Waals surface area contributed by atoms with Gasteiger partial charge >= 0.3 is 5.97 Å². The number of benzene rings is 1. The van der Waals surface area contributed by atoms with Gasteiger partial charge in [0.15, 0.2) is 0 Å². The molecule has 1 aromatic carbocycles. The summed E-state index contributed by atoms with van der Waals surface area (Å²) in [4.78, 5) is 29.2. The molecule has 1 aromatic heterocycles. The molecule has 0 bridgehead atoms. The van der Waals surface area contributed by atoms with Gasteiger partial charge in [-0.2, -0.15) is 0 Å². The van der Waals surface area contributed by atoms with Crippen LogP contribution in [-0.2, 0) is 22.6 Å². The van der Waals surface area contributed by atoms with Crippen molar-refractivity contribution >= 4 is 34.8 Å². The van der Waals surface area contributed by atoms with Crippen LogP contribution in [0, 0.1) is 0 Å². The molecule has 1 N–H and O–H groups in total. The van der Waals surface area contributed by atoms with E-state index < -0.39 is 5.97 Å². The van der Waals surface area contributed by atoms with E-state index in [0.717, 1.165) is 5.01 Å². The summed E-state index contributed by atoms with van der Waals surface area (Å²) >= 11 is 7.26. The number of aliphatic carboxylic acids is 1. The predicted octanol–water partition coefficient (Wildman–Crippen LogP) is 3.63. The molecule has 2 aromatic rings. The summed E-state index contributed by atoms with van der Waals surface area (Å²) in [5, 5.41) is 12.1. The Morgan fingerprint density at radius 2 is 2.00 bits per heavy atom. The highest BCUT2D eigenvalue weighted by molar-refractivity contribution is 7.09. The number of carboxylic acids is 1. The van der Waals surface area contributed by atoms with Crippen LogP contribution in [-0.4, -0.2) is 39.5 Å². The second-order valence-corrected chi connectivity index (χ2v) is 7.36. The Morgan fingerprint density at radius 3 is 2.62 bits per heavy atom. The van der Waals surface area contributed by atoms with E-state index in [4.69, 9.17) is 21.4 Å². The number of rotatable bonds is 9. The van der Waals surface area contributed by atoms with Gasteiger partial charge in [-0.25, -0.2) is 4.98 Å². The number of carbonyl (C=O) groups is 2. The van der Waals surface area contributed by atoms with Crippen molar-refractivity contribution < 1.29 is 19.4 Å².